The highest BCUT2D eigenvalue weighted by Gasteiger charge is 2.30. The molecule has 7 heteroatoms. The summed E-state index contributed by atoms with van der Waals surface area (Å²) >= 11 is 0. The van der Waals surface area contributed by atoms with E-state index < -0.39 is 9.84 Å². The van der Waals surface area contributed by atoms with Crippen LogP contribution in [0.3, 0.4) is 0 Å². The van der Waals surface area contributed by atoms with Crippen LogP contribution in [0.4, 0.5) is 0 Å². The van der Waals surface area contributed by atoms with Crippen molar-refractivity contribution in [1.29, 1.82) is 0 Å². The van der Waals surface area contributed by atoms with Gasteiger partial charge >= 0.3 is 0 Å². The normalized spacial score (nSPS) is 24.2. The van der Waals surface area contributed by atoms with E-state index in [0.29, 0.717) is 13.0 Å². The molecule has 1 fully saturated rings. The number of hydrogen-bond acceptors (Lipinski definition) is 5. The third-order valence-electron chi connectivity index (χ3n) is 3.94. The number of nitrogens with zero attached hydrogens (tertiary/aromatic N) is 3. The maximum absolute atomic E-state index is 11.7. The Balaban J connectivity index is 2.00. The minimum absolute atomic E-state index is 0.0377. The monoisotopic (exact) mass is 314 g/mol. The van der Waals surface area contributed by atoms with E-state index in [-0.39, 0.29) is 16.8 Å². The Morgan fingerprint density at radius 2 is 2.10 bits per heavy atom. The van der Waals surface area contributed by atoms with Gasteiger partial charge in [-0.3, -0.25) is 0 Å². The lowest BCUT2D eigenvalue weighted by Crippen LogP contribution is -2.35. The van der Waals surface area contributed by atoms with E-state index in [1.54, 1.807) is 0 Å². The van der Waals surface area contributed by atoms with Crippen molar-refractivity contribution in [3.8, 4) is 0 Å². The molecule has 1 aliphatic rings. The number of nitrogens with one attached hydrogen (secondary N) is 1. The van der Waals surface area contributed by atoms with Crippen LogP contribution < -0.4 is 5.32 Å². The molecule has 1 aromatic heterocycles. The lowest BCUT2D eigenvalue weighted by atomic mass is 9.95. The third-order valence-corrected chi connectivity index (χ3v) is 5.57. The fourth-order valence-electron chi connectivity index (χ4n) is 2.68. The fourth-order valence-corrected chi connectivity index (χ4v) is 3.84. The van der Waals surface area contributed by atoms with Gasteiger partial charge in [0.2, 0.25) is 0 Å². The van der Waals surface area contributed by atoms with Gasteiger partial charge in [0.05, 0.1) is 23.2 Å². The molecule has 2 rings (SSSR count). The van der Waals surface area contributed by atoms with Crippen LogP contribution >= 0.6 is 0 Å². The maximum Gasteiger partial charge on any atom is 0.150 e. The quantitative estimate of drug-likeness (QED) is 0.915. The topological polar surface area (TPSA) is 76.9 Å². The van der Waals surface area contributed by atoms with Gasteiger partial charge in [-0.25, -0.2) is 13.1 Å². The molecule has 2 unspecified atom stereocenters. The molecule has 0 saturated heterocycles. The molecule has 21 heavy (non-hydrogen) atoms. The zero-order valence-corrected chi connectivity index (χ0v) is 14.2. The summed E-state index contributed by atoms with van der Waals surface area (Å²) in [6.45, 7) is 6.99. The van der Waals surface area contributed by atoms with Crippen LogP contribution in [-0.4, -0.2) is 40.5 Å². The zero-order valence-electron chi connectivity index (χ0n) is 13.3. The molecule has 1 heterocycles. The number of sulfone groups is 1. The smallest absolute Gasteiger partial charge is 0.150 e. The summed E-state index contributed by atoms with van der Waals surface area (Å²) in [5.41, 5.74) is 0.933. The minimum Gasteiger partial charge on any atom is -0.306 e. The van der Waals surface area contributed by atoms with Crippen molar-refractivity contribution in [2.45, 2.75) is 69.8 Å². The Morgan fingerprint density at radius 1 is 1.38 bits per heavy atom. The first-order valence-electron chi connectivity index (χ1n) is 7.50. The predicted molar refractivity (Wildman–Crippen MR) is 82.8 cm³/mol. The molecule has 120 valence electrons. The molecule has 0 aromatic carbocycles. The summed E-state index contributed by atoms with van der Waals surface area (Å²) in [4.78, 5) is 0. The van der Waals surface area contributed by atoms with E-state index in [1.165, 1.54) is 6.26 Å². The highest BCUT2D eigenvalue weighted by atomic mass is 32.2. The molecule has 0 spiro atoms. The Kier molecular flexibility index (Phi) is 4.72. The van der Waals surface area contributed by atoms with Gasteiger partial charge in [0.15, 0.2) is 0 Å². The van der Waals surface area contributed by atoms with Gasteiger partial charge in [-0.1, -0.05) is 11.6 Å². The second-order valence-corrected chi connectivity index (χ2v) is 9.39. The lowest BCUT2D eigenvalue weighted by Gasteiger charge is -2.27. The van der Waals surface area contributed by atoms with Crippen molar-refractivity contribution in [3.63, 3.8) is 0 Å². The van der Waals surface area contributed by atoms with Crippen LogP contribution in [0.15, 0.2) is 6.20 Å². The van der Waals surface area contributed by atoms with E-state index in [0.717, 1.165) is 25.0 Å². The van der Waals surface area contributed by atoms with Gasteiger partial charge in [-0.05, 0) is 40.0 Å². The first-order valence-corrected chi connectivity index (χ1v) is 9.45. The van der Waals surface area contributed by atoms with Gasteiger partial charge in [-0.2, -0.15) is 0 Å². The van der Waals surface area contributed by atoms with Crippen LogP contribution in [0.5, 0.6) is 0 Å². The van der Waals surface area contributed by atoms with Crippen LogP contribution in [0, 0.1) is 0 Å². The second-order valence-electron chi connectivity index (χ2n) is 7.07. The molecule has 1 aliphatic carbocycles. The molecule has 2 atom stereocenters. The van der Waals surface area contributed by atoms with Gasteiger partial charge in [0, 0.05) is 18.3 Å². The average molecular weight is 314 g/mol. The van der Waals surface area contributed by atoms with Crippen LogP contribution in [0.25, 0.3) is 0 Å². The van der Waals surface area contributed by atoms with Crippen molar-refractivity contribution in [3.05, 3.63) is 11.9 Å². The second kappa shape index (κ2) is 6.04. The fraction of sp³-hybridized carbons (Fsp3) is 0.857. The van der Waals surface area contributed by atoms with Gasteiger partial charge in [0.1, 0.15) is 9.84 Å². The first-order chi connectivity index (χ1) is 9.65. The standard InChI is InChI=1S/C14H26N4O2S/c1-14(2,3)15-9-11-10-18(17-16-11)12-6-5-7-13(8-12)21(4,19)20/h10,12-13,15H,5-9H2,1-4H3. The summed E-state index contributed by atoms with van der Waals surface area (Å²) in [5.74, 6) is 0. The van der Waals surface area contributed by atoms with E-state index in [2.05, 4.69) is 36.4 Å². The minimum atomic E-state index is -2.96. The summed E-state index contributed by atoms with van der Waals surface area (Å²) in [5, 5.41) is 11.5. The Bertz CT molecular complexity index is 574. The SMILES string of the molecule is CC(C)(C)NCc1cn(C2CCCC(S(C)(=O)=O)C2)nn1. The average Bonchev–Trinajstić information content (AvgIpc) is 2.83. The van der Waals surface area contributed by atoms with Crippen LogP contribution in [-0.2, 0) is 16.4 Å². The largest absolute Gasteiger partial charge is 0.306 e. The molecule has 1 aromatic rings. The van der Waals surface area contributed by atoms with Crippen molar-refractivity contribution >= 4 is 9.84 Å². The molecule has 1 saturated carbocycles. The van der Waals surface area contributed by atoms with Gasteiger partial charge < -0.3 is 5.32 Å². The molecule has 0 amide bonds. The number of aromatic nitrogens is 3. The molecule has 0 bridgehead atoms. The third kappa shape index (κ3) is 4.78. The predicted octanol–water partition coefficient (Wildman–Crippen LogP) is 1.69. The number of rotatable bonds is 4. The summed E-state index contributed by atoms with van der Waals surface area (Å²) in [6.07, 6.45) is 6.59. The van der Waals surface area contributed by atoms with Crippen molar-refractivity contribution in [2.24, 2.45) is 0 Å². The molecule has 6 nitrogen and oxygen atoms in total. The highest BCUT2D eigenvalue weighted by Crippen LogP contribution is 2.31. The Morgan fingerprint density at radius 3 is 2.71 bits per heavy atom. The summed E-state index contributed by atoms with van der Waals surface area (Å²) in [6, 6.07) is 0.148. The summed E-state index contributed by atoms with van der Waals surface area (Å²) in [7, 11) is -2.96. The highest BCUT2D eigenvalue weighted by molar-refractivity contribution is 7.91. The molecule has 0 aliphatic heterocycles. The molecule has 1 N–H and O–H groups in total. The van der Waals surface area contributed by atoms with E-state index >= 15 is 0 Å². The van der Waals surface area contributed by atoms with Crippen LogP contribution in [0.1, 0.15) is 58.2 Å². The first kappa shape index (κ1) is 16.4. The Hall–Kier alpha value is -0.950. The van der Waals surface area contributed by atoms with E-state index in [1.807, 2.05) is 10.9 Å². The molecular weight excluding hydrogens is 288 g/mol. The zero-order chi connectivity index (χ0) is 15.7. The van der Waals surface area contributed by atoms with Crippen LogP contribution in [0.2, 0.25) is 0 Å². The maximum atomic E-state index is 11.7. The molecule has 0 radical (unpaired) electrons. The lowest BCUT2D eigenvalue weighted by molar-refractivity contribution is 0.324. The Labute approximate surface area is 127 Å². The van der Waals surface area contributed by atoms with Gasteiger partial charge in [-0.15, -0.1) is 5.10 Å². The molecular formula is C14H26N4O2S. The summed E-state index contributed by atoms with van der Waals surface area (Å²) < 4.78 is 25.3. The van der Waals surface area contributed by atoms with Gasteiger partial charge in [0.25, 0.3) is 0 Å². The van der Waals surface area contributed by atoms with Crippen molar-refractivity contribution in [2.75, 3.05) is 6.26 Å². The van der Waals surface area contributed by atoms with E-state index in [9.17, 15) is 8.42 Å². The number of hydrogen-bond donors (Lipinski definition) is 1. The van der Waals surface area contributed by atoms with Crippen molar-refractivity contribution < 1.29 is 8.42 Å². The van der Waals surface area contributed by atoms with Crippen molar-refractivity contribution in [1.82, 2.24) is 20.3 Å². The van der Waals surface area contributed by atoms with E-state index in [4.69, 9.17) is 0 Å².